The minimum atomic E-state index is -0.526. The maximum atomic E-state index is 13.4. The lowest BCUT2D eigenvalue weighted by molar-refractivity contribution is -0.116. The van der Waals surface area contributed by atoms with E-state index in [1.807, 2.05) is 6.07 Å². The van der Waals surface area contributed by atoms with Crippen LogP contribution in [0, 0.1) is 5.82 Å². The summed E-state index contributed by atoms with van der Waals surface area (Å²) >= 11 is 0. The molecule has 0 atom stereocenters. The summed E-state index contributed by atoms with van der Waals surface area (Å²) in [5.74, 6) is -0.883. The number of carbonyl (C=O) groups is 2. The minimum absolute atomic E-state index is 0.103. The van der Waals surface area contributed by atoms with Crippen LogP contribution in [0.4, 0.5) is 26.2 Å². The van der Waals surface area contributed by atoms with Crippen LogP contribution in [-0.2, 0) is 4.79 Å². The van der Waals surface area contributed by atoms with Gasteiger partial charge in [-0.05, 0) is 30.3 Å². The first-order valence-electron chi connectivity index (χ1n) is 7.01. The fourth-order valence-electron chi connectivity index (χ4n) is 1.88. The van der Waals surface area contributed by atoms with Crippen molar-refractivity contribution in [3.8, 4) is 0 Å². The summed E-state index contributed by atoms with van der Waals surface area (Å²) in [6.45, 7) is 0.179. The molecule has 7 heteroatoms. The van der Waals surface area contributed by atoms with Crippen LogP contribution < -0.4 is 21.7 Å². The van der Waals surface area contributed by atoms with E-state index in [4.69, 9.17) is 5.73 Å². The van der Waals surface area contributed by atoms with Gasteiger partial charge in [-0.2, -0.15) is 0 Å². The second-order valence-electron chi connectivity index (χ2n) is 4.72. The van der Waals surface area contributed by atoms with E-state index in [0.717, 1.165) is 6.07 Å². The van der Waals surface area contributed by atoms with Crippen molar-refractivity contribution < 1.29 is 14.0 Å². The molecule has 23 heavy (non-hydrogen) atoms. The zero-order valence-electron chi connectivity index (χ0n) is 12.3. The number of hydrogen-bond acceptors (Lipinski definition) is 3. The lowest BCUT2D eigenvalue weighted by Crippen LogP contribution is -2.22. The Morgan fingerprint density at radius 2 is 1.70 bits per heavy atom. The zero-order chi connectivity index (χ0) is 16.7. The maximum absolute atomic E-state index is 13.4. The molecule has 3 amide bonds. The number of anilines is 3. The van der Waals surface area contributed by atoms with Crippen LogP contribution in [0.1, 0.15) is 6.42 Å². The summed E-state index contributed by atoms with van der Waals surface area (Å²) in [4.78, 5) is 23.6. The topological polar surface area (TPSA) is 96.2 Å². The van der Waals surface area contributed by atoms with Crippen LogP contribution in [-0.4, -0.2) is 18.5 Å². The van der Waals surface area contributed by atoms with Gasteiger partial charge in [-0.25, -0.2) is 9.18 Å². The second-order valence-corrected chi connectivity index (χ2v) is 4.72. The van der Waals surface area contributed by atoms with Crippen molar-refractivity contribution in [3.05, 3.63) is 54.3 Å². The Morgan fingerprint density at radius 3 is 2.39 bits per heavy atom. The molecule has 120 valence electrons. The molecule has 0 saturated carbocycles. The van der Waals surface area contributed by atoms with Crippen LogP contribution in [0.15, 0.2) is 48.5 Å². The minimum Gasteiger partial charge on any atom is -0.330 e. The van der Waals surface area contributed by atoms with E-state index < -0.39 is 11.8 Å². The highest BCUT2D eigenvalue weighted by Crippen LogP contribution is 2.23. The van der Waals surface area contributed by atoms with Gasteiger partial charge in [0.1, 0.15) is 5.82 Å². The van der Waals surface area contributed by atoms with E-state index >= 15 is 0 Å². The fraction of sp³-hybridized carbons (Fsp3) is 0.125. The van der Waals surface area contributed by atoms with Crippen molar-refractivity contribution in [1.29, 1.82) is 0 Å². The monoisotopic (exact) mass is 316 g/mol. The average Bonchev–Trinajstić information content (AvgIpc) is 2.51. The Balaban J connectivity index is 2.09. The molecule has 2 aromatic carbocycles. The molecule has 0 aromatic heterocycles. The van der Waals surface area contributed by atoms with E-state index in [1.165, 1.54) is 12.1 Å². The number of urea groups is 1. The second kappa shape index (κ2) is 7.90. The summed E-state index contributed by atoms with van der Waals surface area (Å²) in [6.07, 6.45) is 0.103. The first kappa shape index (κ1) is 16.4. The van der Waals surface area contributed by atoms with Crippen molar-refractivity contribution in [2.75, 3.05) is 22.5 Å². The Kier molecular flexibility index (Phi) is 5.65. The van der Waals surface area contributed by atoms with Gasteiger partial charge < -0.3 is 21.7 Å². The summed E-state index contributed by atoms with van der Waals surface area (Å²) in [6, 6.07) is 12.0. The predicted molar refractivity (Wildman–Crippen MR) is 87.8 cm³/mol. The molecular formula is C16H17FN4O2. The number of para-hydroxylation sites is 1. The number of halogens is 1. The molecule has 0 unspecified atom stereocenters. The highest BCUT2D eigenvalue weighted by molar-refractivity contribution is 6.03. The Bertz CT molecular complexity index is 692. The molecule has 0 radical (unpaired) electrons. The zero-order valence-corrected chi connectivity index (χ0v) is 12.3. The molecule has 6 nitrogen and oxygen atoms in total. The Morgan fingerprint density at radius 1 is 0.957 bits per heavy atom. The lowest BCUT2D eigenvalue weighted by Gasteiger charge is -2.13. The third kappa shape index (κ3) is 5.08. The lowest BCUT2D eigenvalue weighted by atomic mass is 10.2. The molecule has 2 aromatic rings. The molecular weight excluding hydrogens is 299 g/mol. The van der Waals surface area contributed by atoms with Crippen LogP contribution >= 0.6 is 0 Å². The molecule has 5 N–H and O–H groups in total. The first-order chi connectivity index (χ1) is 11.1. The maximum Gasteiger partial charge on any atom is 0.323 e. The van der Waals surface area contributed by atoms with Gasteiger partial charge in [0, 0.05) is 18.7 Å². The van der Waals surface area contributed by atoms with E-state index in [1.54, 1.807) is 24.3 Å². The SMILES string of the molecule is NCCC(=O)Nc1cc(F)ccc1NC(=O)Nc1ccccc1. The Hall–Kier alpha value is -2.93. The fourth-order valence-corrected chi connectivity index (χ4v) is 1.88. The molecule has 0 aliphatic heterocycles. The molecule has 0 spiro atoms. The van der Waals surface area contributed by atoms with Gasteiger partial charge >= 0.3 is 6.03 Å². The van der Waals surface area contributed by atoms with Crippen molar-refractivity contribution >= 4 is 29.0 Å². The third-order valence-corrected chi connectivity index (χ3v) is 2.91. The van der Waals surface area contributed by atoms with Crippen LogP contribution in [0.3, 0.4) is 0 Å². The van der Waals surface area contributed by atoms with Gasteiger partial charge in [0.25, 0.3) is 0 Å². The van der Waals surface area contributed by atoms with Crippen LogP contribution in [0.5, 0.6) is 0 Å². The van der Waals surface area contributed by atoms with Crippen molar-refractivity contribution in [2.24, 2.45) is 5.73 Å². The molecule has 2 rings (SSSR count). The number of nitrogens with two attached hydrogens (primary N) is 1. The standard InChI is InChI=1S/C16H17FN4O2/c17-11-6-7-13(14(10-11)20-15(22)8-9-18)21-16(23)19-12-4-2-1-3-5-12/h1-7,10H,8-9,18H2,(H,20,22)(H2,19,21,23). The molecule has 0 aliphatic carbocycles. The van der Waals surface area contributed by atoms with Crippen molar-refractivity contribution in [1.82, 2.24) is 0 Å². The van der Waals surface area contributed by atoms with Crippen LogP contribution in [0.2, 0.25) is 0 Å². The van der Waals surface area contributed by atoms with Gasteiger partial charge in [-0.1, -0.05) is 18.2 Å². The van der Waals surface area contributed by atoms with Gasteiger partial charge in [0.15, 0.2) is 0 Å². The number of hydrogen-bond donors (Lipinski definition) is 4. The first-order valence-corrected chi connectivity index (χ1v) is 7.01. The van der Waals surface area contributed by atoms with E-state index in [0.29, 0.717) is 5.69 Å². The number of benzene rings is 2. The van der Waals surface area contributed by atoms with E-state index in [2.05, 4.69) is 16.0 Å². The highest BCUT2D eigenvalue weighted by Gasteiger charge is 2.11. The summed E-state index contributed by atoms with van der Waals surface area (Å²) in [7, 11) is 0. The van der Waals surface area contributed by atoms with Gasteiger partial charge in [-0.3, -0.25) is 4.79 Å². The Labute approximate surface area is 132 Å². The van der Waals surface area contributed by atoms with Gasteiger partial charge in [0.05, 0.1) is 11.4 Å². The molecule has 0 saturated heterocycles. The van der Waals surface area contributed by atoms with E-state index in [-0.39, 0.29) is 30.2 Å². The number of rotatable bonds is 5. The quantitative estimate of drug-likeness (QED) is 0.683. The molecule has 0 fully saturated rings. The number of amides is 3. The third-order valence-electron chi connectivity index (χ3n) is 2.91. The molecule has 0 heterocycles. The summed E-state index contributed by atoms with van der Waals surface area (Å²) in [5.41, 5.74) is 6.37. The highest BCUT2D eigenvalue weighted by atomic mass is 19.1. The van der Waals surface area contributed by atoms with Gasteiger partial charge in [-0.15, -0.1) is 0 Å². The smallest absolute Gasteiger partial charge is 0.323 e. The average molecular weight is 316 g/mol. The van der Waals surface area contributed by atoms with Crippen molar-refractivity contribution in [3.63, 3.8) is 0 Å². The largest absolute Gasteiger partial charge is 0.330 e. The summed E-state index contributed by atoms with van der Waals surface area (Å²) < 4.78 is 13.4. The van der Waals surface area contributed by atoms with E-state index in [9.17, 15) is 14.0 Å². The predicted octanol–water partition coefficient (Wildman–Crippen LogP) is 2.76. The molecule has 0 bridgehead atoms. The molecule has 0 aliphatic rings. The normalized spacial score (nSPS) is 10.0. The van der Waals surface area contributed by atoms with Gasteiger partial charge in [0.2, 0.25) is 5.91 Å². The summed E-state index contributed by atoms with van der Waals surface area (Å²) in [5, 5.41) is 7.73. The number of nitrogens with one attached hydrogen (secondary N) is 3. The van der Waals surface area contributed by atoms with Crippen molar-refractivity contribution in [2.45, 2.75) is 6.42 Å². The number of carbonyl (C=O) groups excluding carboxylic acids is 2. The van der Waals surface area contributed by atoms with Crippen LogP contribution in [0.25, 0.3) is 0 Å².